The number of hydrogen-bond acceptors (Lipinski definition) is 4. The van der Waals surface area contributed by atoms with Crippen LogP contribution in [0.4, 0.5) is 0 Å². The summed E-state index contributed by atoms with van der Waals surface area (Å²) in [6.07, 6.45) is -1.26. The Labute approximate surface area is 85.1 Å². The van der Waals surface area contributed by atoms with Gasteiger partial charge in [0.15, 0.2) is 0 Å². The molecule has 0 radical (unpaired) electrons. The molecule has 6 N–H and O–H groups in total. The Bertz CT molecular complexity index is 95.6. The minimum Gasteiger partial charge on any atom is -0.390 e. The molecule has 4 nitrogen and oxygen atoms in total. The van der Waals surface area contributed by atoms with Crippen LogP contribution in [-0.2, 0) is 0 Å². The molecule has 0 aromatic rings. The number of hydrogen-bond donors (Lipinski definition) is 4. The van der Waals surface area contributed by atoms with E-state index in [2.05, 4.69) is 0 Å². The first kappa shape index (κ1) is 18.3. The van der Waals surface area contributed by atoms with E-state index in [4.69, 9.17) is 21.7 Å². The monoisotopic (exact) mass is 220 g/mol. The molecule has 0 heterocycles. The lowest BCUT2D eigenvalue weighted by molar-refractivity contribution is 0.00937. The van der Waals surface area contributed by atoms with Crippen LogP contribution in [-0.4, -0.2) is 28.6 Å². The molecule has 78 valence electrons. The molecular formula is C6H18Cl2N2O2. The van der Waals surface area contributed by atoms with Gasteiger partial charge >= 0.3 is 0 Å². The Hall–Kier alpha value is 0.420. The van der Waals surface area contributed by atoms with Crippen molar-refractivity contribution in [3.63, 3.8) is 0 Å². The van der Waals surface area contributed by atoms with Gasteiger partial charge in [0.05, 0.1) is 18.4 Å². The third-order valence-electron chi connectivity index (χ3n) is 1.38. The summed E-state index contributed by atoms with van der Waals surface area (Å²) in [4.78, 5) is 0. The summed E-state index contributed by atoms with van der Waals surface area (Å²) in [6, 6.07) is 0. The predicted octanol–water partition coefficient (Wildman–Crippen LogP) is -0.405. The van der Waals surface area contributed by atoms with E-state index in [0.29, 0.717) is 6.42 Å². The Morgan fingerprint density at radius 3 is 1.75 bits per heavy atom. The molecule has 0 saturated carbocycles. The lowest BCUT2D eigenvalue weighted by atomic mass is 10.1. The second kappa shape index (κ2) is 9.51. The lowest BCUT2D eigenvalue weighted by Gasteiger charge is -2.17. The molecule has 0 aromatic carbocycles. The van der Waals surface area contributed by atoms with Gasteiger partial charge in [-0.15, -0.1) is 24.8 Å². The third-order valence-corrected chi connectivity index (χ3v) is 1.38. The molecule has 0 fully saturated rings. The van der Waals surface area contributed by atoms with Gasteiger partial charge in [-0.1, -0.05) is 6.92 Å². The Kier molecular flexibility index (Phi) is 14.5. The molecule has 0 spiro atoms. The minimum absolute atomic E-state index is 0. The zero-order valence-corrected chi connectivity index (χ0v) is 8.64. The topological polar surface area (TPSA) is 92.5 Å². The molecule has 2 unspecified atom stereocenters. The van der Waals surface area contributed by atoms with Gasteiger partial charge in [-0.2, -0.15) is 0 Å². The van der Waals surface area contributed by atoms with Gasteiger partial charge in [0.1, 0.15) is 0 Å². The maximum absolute atomic E-state index is 9.08. The second-order valence-corrected chi connectivity index (χ2v) is 2.44. The fraction of sp³-hybridized carbons (Fsp3) is 1.00. The highest BCUT2D eigenvalue weighted by Crippen LogP contribution is 2.02. The second-order valence-electron chi connectivity index (χ2n) is 2.44. The fourth-order valence-corrected chi connectivity index (χ4v) is 0.708. The molecule has 12 heavy (non-hydrogen) atoms. The first-order valence-electron chi connectivity index (χ1n) is 3.45. The highest BCUT2D eigenvalue weighted by Gasteiger charge is 2.15. The van der Waals surface area contributed by atoms with E-state index in [-0.39, 0.29) is 31.2 Å². The quantitative estimate of drug-likeness (QED) is 0.486. The summed E-state index contributed by atoms with van der Waals surface area (Å²) in [7, 11) is 0. The van der Waals surface area contributed by atoms with Crippen LogP contribution in [0.1, 0.15) is 19.8 Å². The van der Waals surface area contributed by atoms with E-state index in [1.165, 1.54) is 0 Å². The Morgan fingerprint density at radius 2 is 1.50 bits per heavy atom. The summed E-state index contributed by atoms with van der Waals surface area (Å²) in [5.41, 5.74) is 10.4. The Morgan fingerprint density at radius 1 is 1.08 bits per heavy atom. The molecule has 0 bridgehead atoms. The number of aliphatic hydroxyl groups excluding tert-OH is 2. The zero-order valence-electron chi connectivity index (χ0n) is 7.01. The van der Waals surface area contributed by atoms with E-state index in [9.17, 15) is 0 Å². The summed E-state index contributed by atoms with van der Waals surface area (Å²) in [6.45, 7) is 1.79. The van der Waals surface area contributed by atoms with Gasteiger partial charge < -0.3 is 21.7 Å². The van der Waals surface area contributed by atoms with Crippen LogP contribution in [0.2, 0.25) is 0 Å². The van der Waals surface area contributed by atoms with Gasteiger partial charge in [-0.3, -0.25) is 0 Å². The third kappa shape index (κ3) is 8.52. The molecule has 0 amide bonds. The van der Waals surface area contributed by atoms with Crippen molar-refractivity contribution in [1.82, 2.24) is 0 Å². The molecule has 0 aliphatic rings. The first-order valence-corrected chi connectivity index (χ1v) is 3.45. The average molecular weight is 221 g/mol. The van der Waals surface area contributed by atoms with Crippen molar-refractivity contribution in [2.75, 3.05) is 0 Å². The largest absolute Gasteiger partial charge is 0.390 e. The maximum Gasteiger partial charge on any atom is 0.0826 e. The maximum atomic E-state index is 9.08. The number of rotatable bonds is 4. The molecule has 6 heteroatoms. The predicted molar refractivity (Wildman–Crippen MR) is 53.6 cm³/mol. The van der Waals surface area contributed by atoms with Gasteiger partial charge in [-0.25, -0.2) is 0 Å². The van der Waals surface area contributed by atoms with Crippen LogP contribution in [0.25, 0.3) is 0 Å². The summed E-state index contributed by atoms with van der Waals surface area (Å²) < 4.78 is 0. The van der Waals surface area contributed by atoms with Crippen LogP contribution in [0.5, 0.6) is 0 Å². The Balaban J connectivity index is -0.000000405. The average Bonchev–Trinajstić information content (AvgIpc) is 1.85. The number of nitrogens with two attached hydrogens (primary N) is 2. The summed E-state index contributed by atoms with van der Waals surface area (Å²) in [5, 5.41) is 18.1. The van der Waals surface area contributed by atoms with Crippen molar-refractivity contribution in [3.8, 4) is 0 Å². The zero-order chi connectivity index (χ0) is 8.15. The van der Waals surface area contributed by atoms with E-state index >= 15 is 0 Å². The van der Waals surface area contributed by atoms with E-state index in [1.54, 1.807) is 6.92 Å². The summed E-state index contributed by atoms with van der Waals surface area (Å²) in [5.74, 6) is 0. The van der Waals surface area contributed by atoms with Crippen LogP contribution in [0, 0.1) is 0 Å². The van der Waals surface area contributed by atoms with Gasteiger partial charge in [0.2, 0.25) is 0 Å². The van der Waals surface area contributed by atoms with Crippen LogP contribution in [0.3, 0.4) is 0 Å². The van der Waals surface area contributed by atoms with Crippen molar-refractivity contribution < 1.29 is 10.2 Å². The van der Waals surface area contributed by atoms with Gasteiger partial charge in [0, 0.05) is 6.42 Å². The van der Waals surface area contributed by atoms with Crippen LogP contribution < -0.4 is 11.5 Å². The highest BCUT2D eigenvalue weighted by atomic mass is 35.5. The molecule has 0 aliphatic carbocycles. The smallest absolute Gasteiger partial charge is 0.0826 e. The van der Waals surface area contributed by atoms with Crippen molar-refractivity contribution in [1.29, 1.82) is 0 Å². The highest BCUT2D eigenvalue weighted by molar-refractivity contribution is 5.85. The molecule has 0 rings (SSSR count). The molecule has 0 saturated heterocycles. The molecule has 0 aromatic heterocycles. The standard InChI is InChI=1S/C6H16N2O2.2ClH/c1-2-4(9)5(10)3-6(7)8;;/h4-6,9-10H,2-3,7-8H2,1H3;2*1H. The first-order chi connectivity index (χ1) is 4.57. The lowest BCUT2D eigenvalue weighted by Crippen LogP contribution is -2.38. The molecular weight excluding hydrogens is 203 g/mol. The normalized spacial score (nSPS) is 14.5. The molecule has 2 atom stereocenters. The van der Waals surface area contributed by atoms with E-state index in [0.717, 1.165) is 0 Å². The van der Waals surface area contributed by atoms with Crippen molar-refractivity contribution in [2.45, 2.75) is 38.1 Å². The van der Waals surface area contributed by atoms with Crippen molar-refractivity contribution in [2.24, 2.45) is 11.5 Å². The number of halogens is 2. The number of aliphatic hydroxyl groups is 2. The van der Waals surface area contributed by atoms with Crippen LogP contribution in [0.15, 0.2) is 0 Å². The molecule has 0 aliphatic heterocycles. The van der Waals surface area contributed by atoms with Gasteiger partial charge in [0.25, 0.3) is 0 Å². The van der Waals surface area contributed by atoms with Crippen molar-refractivity contribution >= 4 is 24.8 Å². The van der Waals surface area contributed by atoms with Crippen LogP contribution >= 0.6 is 24.8 Å². The van der Waals surface area contributed by atoms with Crippen molar-refractivity contribution in [3.05, 3.63) is 0 Å². The fourth-order valence-electron chi connectivity index (χ4n) is 0.708. The van der Waals surface area contributed by atoms with Gasteiger partial charge in [-0.05, 0) is 6.42 Å². The minimum atomic E-state index is -0.787. The van der Waals surface area contributed by atoms with E-state index in [1.807, 2.05) is 0 Å². The van der Waals surface area contributed by atoms with E-state index < -0.39 is 18.4 Å². The summed E-state index contributed by atoms with van der Waals surface area (Å²) >= 11 is 0. The SMILES string of the molecule is CCC(O)C(O)CC(N)N.Cl.Cl.